The van der Waals surface area contributed by atoms with E-state index in [1.54, 1.807) is 25.6 Å². The molecule has 0 aromatic carbocycles. The Bertz CT molecular complexity index is 548. The lowest BCUT2D eigenvalue weighted by Crippen LogP contribution is -2.33. The summed E-state index contributed by atoms with van der Waals surface area (Å²) in [7, 11) is -1.68. The molecule has 1 aliphatic rings. The van der Waals surface area contributed by atoms with Gasteiger partial charge in [0, 0.05) is 13.1 Å². The van der Waals surface area contributed by atoms with Gasteiger partial charge < -0.3 is 0 Å². The van der Waals surface area contributed by atoms with Crippen molar-refractivity contribution in [2.24, 2.45) is 13.0 Å². The molecule has 1 aromatic heterocycles. The van der Waals surface area contributed by atoms with Gasteiger partial charge in [-0.25, -0.2) is 13.1 Å². The number of aromatic nitrogens is 2. The standard InChI is InChI=1S/C12H21N3O2S/c1-8-5-6-11(7-8)14-18(16,17)12-9(2)13-15(4)10(12)3/h8,11,14H,5-7H2,1-4H3. The molecule has 18 heavy (non-hydrogen) atoms. The van der Waals surface area contributed by atoms with Gasteiger partial charge in [-0.2, -0.15) is 5.10 Å². The molecule has 0 spiro atoms. The Balaban J connectivity index is 2.26. The van der Waals surface area contributed by atoms with Crippen LogP contribution in [0, 0.1) is 19.8 Å². The lowest BCUT2D eigenvalue weighted by molar-refractivity contribution is 0.537. The largest absolute Gasteiger partial charge is 0.271 e. The maximum Gasteiger partial charge on any atom is 0.244 e. The van der Waals surface area contributed by atoms with Crippen molar-refractivity contribution in [1.82, 2.24) is 14.5 Å². The van der Waals surface area contributed by atoms with E-state index in [2.05, 4.69) is 16.7 Å². The molecule has 0 saturated heterocycles. The van der Waals surface area contributed by atoms with Crippen molar-refractivity contribution < 1.29 is 8.42 Å². The van der Waals surface area contributed by atoms with Crippen LogP contribution in [0.25, 0.3) is 0 Å². The van der Waals surface area contributed by atoms with E-state index in [0.717, 1.165) is 19.3 Å². The predicted molar refractivity (Wildman–Crippen MR) is 69.8 cm³/mol. The molecule has 0 aliphatic heterocycles. The first-order chi connectivity index (χ1) is 8.31. The van der Waals surface area contributed by atoms with Crippen LogP contribution in [0.1, 0.15) is 37.6 Å². The van der Waals surface area contributed by atoms with Gasteiger partial charge in [0.15, 0.2) is 0 Å². The summed E-state index contributed by atoms with van der Waals surface area (Å²) in [6, 6.07) is 0.0732. The molecule has 1 fully saturated rings. The summed E-state index contributed by atoms with van der Waals surface area (Å²) in [6.45, 7) is 5.68. The van der Waals surface area contributed by atoms with Crippen molar-refractivity contribution in [3.05, 3.63) is 11.4 Å². The number of nitrogens with zero attached hydrogens (tertiary/aromatic N) is 2. The van der Waals surface area contributed by atoms with Crippen molar-refractivity contribution in [2.45, 2.75) is 51.0 Å². The number of hydrogen-bond donors (Lipinski definition) is 1. The number of rotatable bonds is 3. The number of aryl methyl sites for hydroxylation is 2. The smallest absolute Gasteiger partial charge is 0.244 e. The van der Waals surface area contributed by atoms with Crippen molar-refractivity contribution in [2.75, 3.05) is 0 Å². The third kappa shape index (κ3) is 2.44. The summed E-state index contributed by atoms with van der Waals surface area (Å²) in [4.78, 5) is 0.338. The molecule has 5 nitrogen and oxygen atoms in total. The highest BCUT2D eigenvalue weighted by molar-refractivity contribution is 7.89. The van der Waals surface area contributed by atoms with Gasteiger partial charge in [-0.1, -0.05) is 6.92 Å². The van der Waals surface area contributed by atoms with Crippen LogP contribution < -0.4 is 4.72 Å². The highest BCUT2D eigenvalue weighted by Gasteiger charge is 2.29. The first-order valence-corrected chi connectivity index (χ1v) is 7.82. The summed E-state index contributed by atoms with van der Waals surface area (Å²) in [5.74, 6) is 0.605. The number of nitrogens with one attached hydrogen (secondary N) is 1. The second kappa shape index (κ2) is 4.66. The normalized spacial score (nSPS) is 24.7. The monoisotopic (exact) mass is 271 g/mol. The zero-order valence-electron chi connectivity index (χ0n) is 11.4. The Kier molecular flexibility index (Phi) is 3.51. The van der Waals surface area contributed by atoms with Crippen LogP contribution >= 0.6 is 0 Å². The van der Waals surface area contributed by atoms with Gasteiger partial charge in [-0.3, -0.25) is 4.68 Å². The van der Waals surface area contributed by atoms with Gasteiger partial charge in [0.25, 0.3) is 0 Å². The van der Waals surface area contributed by atoms with Gasteiger partial charge in [0.2, 0.25) is 10.0 Å². The summed E-state index contributed by atoms with van der Waals surface area (Å²) >= 11 is 0. The van der Waals surface area contributed by atoms with Gasteiger partial charge >= 0.3 is 0 Å². The first-order valence-electron chi connectivity index (χ1n) is 6.34. The average molecular weight is 271 g/mol. The molecule has 2 unspecified atom stereocenters. The second-order valence-electron chi connectivity index (χ2n) is 5.36. The Hall–Kier alpha value is -0.880. The van der Waals surface area contributed by atoms with Gasteiger partial charge in [0.05, 0.1) is 11.4 Å². The van der Waals surface area contributed by atoms with Crippen LogP contribution in [0.4, 0.5) is 0 Å². The average Bonchev–Trinajstić information content (AvgIpc) is 2.72. The van der Waals surface area contributed by atoms with Gasteiger partial charge in [-0.15, -0.1) is 0 Å². The maximum atomic E-state index is 12.4. The molecule has 1 saturated carbocycles. The van der Waals surface area contributed by atoms with E-state index in [9.17, 15) is 8.42 Å². The molecule has 1 N–H and O–H groups in total. The Morgan fingerprint density at radius 1 is 1.33 bits per heavy atom. The van der Waals surface area contributed by atoms with Crippen LogP contribution in [-0.2, 0) is 17.1 Å². The molecule has 0 amide bonds. The van der Waals surface area contributed by atoms with Crippen LogP contribution in [0.2, 0.25) is 0 Å². The minimum atomic E-state index is -3.44. The van der Waals surface area contributed by atoms with Crippen LogP contribution in [-0.4, -0.2) is 24.2 Å². The van der Waals surface area contributed by atoms with E-state index in [0.29, 0.717) is 22.2 Å². The summed E-state index contributed by atoms with van der Waals surface area (Å²) in [5.41, 5.74) is 1.25. The summed E-state index contributed by atoms with van der Waals surface area (Å²) in [5, 5.41) is 4.16. The highest BCUT2D eigenvalue weighted by Crippen LogP contribution is 2.27. The molecular formula is C12H21N3O2S. The molecule has 1 aliphatic carbocycles. The van der Waals surface area contributed by atoms with Crippen molar-refractivity contribution in [3.63, 3.8) is 0 Å². The van der Waals surface area contributed by atoms with Crippen molar-refractivity contribution >= 4 is 10.0 Å². The molecule has 6 heteroatoms. The first kappa shape index (κ1) is 13.5. The molecule has 2 atom stereocenters. The Morgan fingerprint density at radius 3 is 2.44 bits per heavy atom. The minimum Gasteiger partial charge on any atom is -0.271 e. The SMILES string of the molecule is Cc1nn(C)c(C)c1S(=O)(=O)NC1CCC(C)C1. The fourth-order valence-electron chi connectivity index (χ4n) is 2.74. The van der Waals surface area contributed by atoms with Crippen molar-refractivity contribution in [1.29, 1.82) is 0 Å². The number of sulfonamides is 1. The molecule has 102 valence electrons. The van der Waals surface area contributed by atoms with E-state index in [-0.39, 0.29) is 6.04 Å². The number of hydrogen-bond acceptors (Lipinski definition) is 3. The van der Waals surface area contributed by atoms with Gasteiger partial charge in [-0.05, 0) is 39.0 Å². The Labute approximate surface area is 109 Å². The highest BCUT2D eigenvalue weighted by atomic mass is 32.2. The summed E-state index contributed by atoms with van der Waals surface area (Å²) < 4.78 is 29.2. The van der Waals surface area contributed by atoms with Crippen LogP contribution in [0.3, 0.4) is 0 Å². The van der Waals surface area contributed by atoms with E-state index < -0.39 is 10.0 Å². The molecule has 2 rings (SSSR count). The lowest BCUT2D eigenvalue weighted by atomic mass is 10.1. The predicted octanol–water partition coefficient (Wildman–Crippen LogP) is 1.50. The minimum absolute atomic E-state index is 0.0732. The molecule has 1 heterocycles. The zero-order chi connectivity index (χ0) is 13.5. The summed E-state index contributed by atoms with van der Waals surface area (Å²) in [6.07, 6.45) is 2.95. The van der Waals surface area contributed by atoms with Crippen molar-refractivity contribution in [3.8, 4) is 0 Å². The molecule has 0 radical (unpaired) electrons. The van der Waals surface area contributed by atoms with E-state index >= 15 is 0 Å². The topological polar surface area (TPSA) is 64.0 Å². The van der Waals surface area contributed by atoms with E-state index in [1.165, 1.54) is 0 Å². The third-order valence-corrected chi connectivity index (χ3v) is 5.50. The molecule has 0 bridgehead atoms. The second-order valence-corrected chi connectivity index (χ2v) is 7.01. The maximum absolute atomic E-state index is 12.4. The quantitative estimate of drug-likeness (QED) is 0.906. The lowest BCUT2D eigenvalue weighted by Gasteiger charge is -2.13. The van der Waals surface area contributed by atoms with Gasteiger partial charge in [0.1, 0.15) is 4.90 Å². The van der Waals surface area contributed by atoms with Crippen LogP contribution in [0.5, 0.6) is 0 Å². The van der Waals surface area contributed by atoms with E-state index in [1.807, 2.05) is 0 Å². The molecular weight excluding hydrogens is 250 g/mol. The zero-order valence-corrected chi connectivity index (χ0v) is 12.2. The Morgan fingerprint density at radius 2 is 2.00 bits per heavy atom. The van der Waals surface area contributed by atoms with Crippen LogP contribution in [0.15, 0.2) is 4.90 Å². The van der Waals surface area contributed by atoms with E-state index in [4.69, 9.17) is 0 Å². The third-order valence-electron chi connectivity index (χ3n) is 3.73. The fraction of sp³-hybridized carbons (Fsp3) is 0.750. The molecule has 1 aromatic rings. The fourth-order valence-corrected chi connectivity index (χ4v) is 4.46.